The second kappa shape index (κ2) is 4.26. The molecule has 0 aromatic heterocycles. The van der Waals surface area contributed by atoms with E-state index < -0.39 is 17.7 Å². The molecule has 2 atom stereocenters. The van der Waals surface area contributed by atoms with Crippen LogP contribution in [0, 0.1) is 5.41 Å². The van der Waals surface area contributed by atoms with Crippen molar-refractivity contribution < 1.29 is 13.9 Å². The summed E-state index contributed by atoms with van der Waals surface area (Å²) in [5, 5.41) is 2.91. The van der Waals surface area contributed by atoms with Crippen LogP contribution in [0.15, 0.2) is 0 Å². The Kier molecular flexibility index (Phi) is 3.48. The molecule has 0 aliphatic carbocycles. The molecule has 0 amide bonds. The monoisotopic (exact) mass is 203 g/mol. The first-order chi connectivity index (χ1) is 6.41. The normalized spacial score (nSPS) is 28.6. The number of esters is 1. The fourth-order valence-electron chi connectivity index (χ4n) is 1.24. The van der Waals surface area contributed by atoms with Gasteiger partial charge in [0.15, 0.2) is 0 Å². The lowest BCUT2D eigenvalue weighted by atomic mass is 9.97. The van der Waals surface area contributed by atoms with Crippen LogP contribution in [0.5, 0.6) is 0 Å². The third kappa shape index (κ3) is 2.94. The van der Waals surface area contributed by atoms with E-state index in [4.69, 9.17) is 4.74 Å². The molecule has 0 radical (unpaired) electrons. The van der Waals surface area contributed by atoms with Crippen LogP contribution in [0.2, 0.25) is 0 Å². The number of ether oxygens (including phenoxy) is 1. The van der Waals surface area contributed by atoms with Gasteiger partial charge >= 0.3 is 5.97 Å². The molecule has 14 heavy (non-hydrogen) atoms. The van der Waals surface area contributed by atoms with Crippen molar-refractivity contribution in [1.29, 1.82) is 0 Å². The molecular formula is C10H18FNO2. The van der Waals surface area contributed by atoms with Crippen LogP contribution >= 0.6 is 0 Å². The highest BCUT2D eigenvalue weighted by molar-refractivity contribution is 5.75. The van der Waals surface area contributed by atoms with Gasteiger partial charge in [-0.25, -0.2) is 4.39 Å². The van der Waals surface area contributed by atoms with Crippen LogP contribution in [-0.2, 0) is 9.53 Å². The molecule has 1 fully saturated rings. The zero-order valence-corrected chi connectivity index (χ0v) is 8.97. The summed E-state index contributed by atoms with van der Waals surface area (Å²) in [6, 6.07) is 0. The Labute approximate surface area is 84.0 Å². The van der Waals surface area contributed by atoms with Gasteiger partial charge in [-0.15, -0.1) is 0 Å². The van der Waals surface area contributed by atoms with Gasteiger partial charge in [0.2, 0.25) is 0 Å². The molecule has 4 heteroatoms. The topological polar surface area (TPSA) is 38.3 Å². The molecular weight excluding hydrogens is 185 g/mol. The Hall–Kier alpha value is -0.640. The molecule has 2 unspecified atom stereocenters. The molecule has 82 valence electrons. The van der Waals surface area contributed by atoms with Crippen molar-refractivity contribution >= 4 is 5.97 Å². The van der Waals surface area contributed by atoms with E-state index in [9.17, 15) is 9.18 Å². The van der Waals surface area contributed by atoms with Crippen LogP contribution < -0.4 is 5.32 Å². The van der Waals surface area contributed by atoms with Gasteiger partial charge in [-0.1, -0.05) is 0 Å². The summed E-state index contributed by atoms with van der Waals surface area (Å²) < 4.78 is 18.4. The maximum absolute atomic E-state index is 13.3. The zero-order valence-electron chi connectivity index (χ0n) is 8.97. The number of hydrogen-bond acceptors (Lipinski definition) is 3. The summed E-state index contributed by atoms with van der Waals surface area (Å²) in [4.78, 5) is 11.5. The van der Waals surface area contributed by atoms with E-state index in [0.717, 1.165) is 0 Å². The molecule has 0 aromatic carbocycles. The van der Waals surface area contributed by atoms with Gasteiger partial charge in [-0.2, -0.15) is 0 Å². The minimum Gasteiger partial charge on any atom is -0.459 e. The molecule has 1 N–H and O–H groups in total. The van der Waals surface area contributed by atoms with Gasteiger partial charge < -0.3 is 10.1 Å². The highest BCUT2D eigenvalue weighted by Crippen LogP contribution is 2.20. The van der Waals surface area contributed by atoms with E-state index >= 15 is 0 Å². The van der Waals surface area contributed by atoms with Crippen molar-refractivity contribution in [1.82, 2.24) is 5.32 Å². The number of carbonyl (C=O) groups excluding carboxylic acids is 1. The molecule has 3 nitrogen and oxygen atoms in total. The quantitative estimate of drug-likeness (QED) is 0.652. The molecule has 0 spiro atoms. The maximum atomic E-state index is 13.3. The van der Waals surface area contributed by atoms with Crippen LogP contribution in [0.4, 0.5) is 4.39 Å². The number of hydrogen-bond donors (Lipinski definition) is 1. The minimum absolute atomic E-state index is 0.280. The first-order valence-electron chi connectivity index (χ1n) is 4.97. The average molecular weight is 203 g/mol. The number of piperidine rings is 1. The molecule has 0 bridgehead atoms. The maximum Gasteiger partial charge on any atom is 0.311 e. The van der Waals surface area contributed by atoms with Crippen molar-refractivity contribution in [3.8, 4) is 0 Å². The standard InChI is InChI=1S/C10H18FNO2/c1-10(2,3)9(13)14-8-4-5-12-6-7(8)11/h7-8,12H,4-6H2,1-3H3. The lowest BCUT2D eigenvalue weighted by Gasteiger charge is -2.29. The number of alkyl halides is 1. The van der Waals surface area contributed by atoms with Gasteiger partial charge in [-0.05, 0) is 33.7 Å². The van der Waals surface area contributed by atoms with E-state index in [1.807, 2.05) is 0 Å². The van der Waals surface area contributed by atoms with E-state index in [1.54, 1.807) is 20.8 Å². The van der Waals surface area contributed by atoms with Crippen molar-refractivity contribution in [3.63, 3.8) is 0 Å². The number of halogens is 1. The third-order valence-electron chi connectivity index (χ3n) is 2.22. The molecule has 1 saturated heterocycles. The fourth-order valence-corrected chi connectivity index (χ4v) is 1.24. The summed E-state index contributed by atoms with van der Waals surface area (Å²) in [6.07, 6.45) is -1.08. The fraction of sp³-hybridized carbons (Fsp3) is 0.900. The van der Waals surface area contributed by atoms with Gasteiger partial charge in [0.1, 0.15) is 12.3 Å². The summed E-state index contributed by atoms with van der Waals surface area (Å²) in [5.41, 5.74) is -0.551. The summed E-state index contributed by atoms with van der Waals surface area (Å²) in [7, 11) is 0. The second-order valence-corrected chi connectivity index (χ2v) is 4.70. The van der Waals surface area contributed by atoms with Gasteiger partial charge in [-0.3, -0.25) is 4.79 Å². The highest BCUT2D eigenvalue weighted by atomic mass is 19.1. The van der Waals surface area contributed by atoms with Gasteiger partial charge in [0.25, 0.3) is 0 Å². The Morgan fingerprint density at radius 1 is 1.50 bits per heavy atom. The van der Waals surface area contributed by atoms with Crippen LogP contribution in [0.1, 0.15) is 27.2 Å². The summed E-state index contributed by atoms with van der Waals surface area (Å²) >= 11 is 0. The van der Waals surface area contributed by atoms with E-state index in [2.05, 4.69) is 5.32 Å². The number of carbonyl (C=O) groups is 1. The molecule has 1 heterocycles. The number of nitrogens with one attached hydrogen (secondary N) is 1. The Bertz CT molecular complexity index is 213. The Morgan fingerprint density at radius 2 is 2.14 bits per heavy atom. The predicted octanol–water partition coefficient (Wildman–Crippen LogP) is 1.28. The third-order valence-corrected chi connectivity index (χ3v) is 2.22. The first-order valence-corrected chi connectivity index (χ1v) is 4.97. The lowest BCUT2D eigenvalue weighted by Crippen LogP contribution is -2.45. The largest absolute Gasteiger partial charge is 0.459 e. The smallest absolute Gasteiger partial charge is 0.311 e. The van der Waals surface area contributed by atoms with Crippen molar-refractivity contribution in [3.05, 3.63) is 0 Å². The summed E-state index contributed by atoms with van der Waals surface area (Å²) in [5.74, 6) is -0.327. The SMILES string of the molecule is CC(C)(C)C(=O)OC1CCNCC1F. The highest BCUT2D eigenvalue weighted by Gasteiger charge is 2.32. The number of rotatable bonds is 1. The second-order valence-electron chi connectivity index (χ2n) is 4.70. The van der Waals surface area contributed by atoms with E-state index in [-0.39, 0.29) is 12.5 Å². The van der Waals surface area contributed by atoms with Crippen LogP contribution in [0.25, 0.3) is 0 Å². The lowest BCUT2D eigenvalue weighted by molar-refractivity contribution is -0.163. The average Bonchev–Trinajstić information content (AvgIpc) is 2.07. The molecule has 0 saturated carbocycles. The van der Waals surface area contributed by atoms with Crippen molar-refractivity contribution in [2.75, 3.05) is 13.1 Å². The van der Waals surface area contributed by atoms with E-state index in [0.29, 0.717) is 13.0 Å². The van der Waals surface area contributed by atoms with Crippen molar-refractivity contribution in [2.24, 2.45) is 5.41 Å². The molecule has 0 aromatic rings. The van der Waals surface area contributed by atoms with Crippen molar-refractivity contribution in [2.45, 2.75) is 39.5 Å². The Morgan fingerprint density at radius 3 is 2.64 bits per heavy atom. The summed E-state index contributed by atoms with van der Waals surface area (Å²) in [6.45, 7) is 6.29. The van der Waals surface area contributed by atoms with Crippen LogP contribution in [-0.4, -0.2) is 31.3 Å². The molecule has 1 aliphatic rings. The van der Waals surface area contributed by atoms with Crippen LogP contribution in [0.3, 0.4) is 0 Å². The van der Waals surface area contributed by atoms with Gasteiger partial charge in [0.05, 0.1) is 5.41 Å². The first kappa shape index (κ1) is 11.4. The minimum atomic E-state index is -1.07. The van der Waals surface area contributed by atoms with E-state index in [1.165, 1.54) is 0 Å². The predicted molar refractivity (Wildman–Crippen MR) is 51.7 cm³/mol. The molecule has 1 rings (SSSR count). The molecule has 1 aliphatic heterocycles. The zero-order chi connectivity index (χ0) is 10.8. The Balaban J connectivity index is 2.46. The van der Waals surface area contributed by atoms with Gasteiger partial charge in [0, 0.05) is 6.54 Å².